The minimum Gasteiger partial charge on any atom is -0.285 e. The quantitative estimate of drug-likeness (QED) is 0.674. The molecule has 24 heavy (non-hydrogen) atoms. The van der Waals surface area contributed by atoms with Gasteiger partial charge in [-0.05, 0) is 29.7 Å². The maximum atomic E-state index is 14.2. The number of hydrogen-bond donors (Lipinski definition) is 0. The average Bonchev–Trinajstić information content (AvgIpc) is 2.85. The molecule has 1 radical (unpaired) electrons. The number of aromatic nitrogens is 2. The lowest BCUT2D eigenvalue weighted by atomic mass is 9.85. The van der Waals surface area contributed by atoms with Crippen LogP contribution in [-0.4, -0.2) is 15.9 Å². The molecule has 0 fully saturated rings. The van der Waals surface area contributed by atoms with Crippen LogP contribution in [0.2, 0.25) is 5.02 Å². The number of halogens is 3. The third-order valence-electron chi connectivity index (χ3n) is 3.78. The van der Waals surface area contributed by atoms with Gasteiger partial charge in [0.25, 0.3) is 0 Å². The summed E-state index contributed by atoms with van der Waals surface area (Å²) in [5.41, 5.74) is 1.37. The molecule has 2 heterocycles. The largest absolute Gasteiger partial charge is 0.285 e. The highest BCUT2D eigenvalue weighted by molar-refractivity contribution is 6.32. The van der Waals surface area contributed by atoms with E-state index in [2.05, 4.69) is 5.10 Å². The second-order valence-corrected chi connectivity index (χ2v) is 6.92. The fraction of sp³-hybridized carbons (Fsp3) is 0.222. The number of carbonyl (C=O) groups excluding carboxylic acids is 1. The molecule has 0 atom stereocenters. The maximum Gasteiger partial charge on any atom is 0.238 e. The van der Waals surface area contributed by atoms with E-state index < -0.39 is 17.0 Å². The molecule has 0 spiro atoms. The van der Waals surface area contributed by atoms with Gasteiger partial charge in [0.15, 0.2) is 5.82 Å². The lowest BCUT2D eigenvalue weighted by Gasteiger charge is -2.22. The van der Waals surface area contributed by atoms with Crippen molar-refractivity contribution < 1.29 is 13.6 Å². The van der Waals surface area contributed by atoms with Crippen molar-refractivity contribution in [2.45, 2.75) is 26.2 Å². The highest BCUT2D eigenvalue weighted by Crippen LogP contribution is 2.38. The molecular formula is C18H14ClF2N2O. The first-order chi connectivity index (χ1) is 11.2. The van der Waals surface area contributed by atoms with Gasteiger partial charge in [-0.15, -0.1) is 0 Å². The molecule has 6 heteroatoms. The molecule has 0 aliphatic heterocycles. The molecule has 0 saturated heterocycles. The number of hydrogen-bond acceptors (Lipinski definition) is 2. The Morgan fingerprint density at radius 2 is 1.79 bits per heavy atom. The van der Waals surface area contributed by atoms with Crippen molar-refractivity contribution >= 4 is 23.4 Å². The van der Waals surface area contributed by atoms with Gasteiger partial charge in [-0.25, -0.2) is 13.3 Å². The zero-order valence-corrected chi connectivity index (χ0v) is 14.1. The summed E-state index contributed by atoms with van der Waals surface area (Å²) in [5.74, 6) is -1.02. The predicted molar refractivity (Wildman–Crippen MR) is 89.0 cm³/mol. The fourth-order valence-electron chi connectivity index (χ4n) is 2.75. The summed E-state index contributed by atoms with van der Waals surface area (Å²) in [4.78, 5) is 11.6. The first-order valence-corrected chi connectivity index (χ1v) is 7.66. The van der Waals surface area contributed by atoms with Crippen molar-refractivity contribution in [3.8, 4) is 11.3 Å². The molecule has 0 saturated carbocycles. The van der Waals surface area contributed by atoms with Crippen LogP contribution < -0.4 is 0 Å². The van der Waals surface area contributed by atoms with Crippen molar-refractivity contribution in [2.75, 3.05) is 0 Å². The molecule has 0 bridgehead atoms. The molecule has 3 rings (SSSR count). The molecule has 2 aromatic heterocycles. The second kappa shape index (κ2) is 5.67. The number of benzene rings is 1. The van der Waals surface area contributed by atoms with E-state index in [9.17, 15) is 13.6 Å². The summed E-state index contributed by atoms with van der Waals surface area (Å²) in [7, 11) is 0. The van der Waals surface area contributed by atoms with Gasteiger partial charge in [-0.1, -0.05) is 32.4 Å². The molecule has 0 unspecified atom stereocenters. The van der Waals surface area contributed by atoms with Crippen LogP contribution in [0.15, 0.2) is 30.5 Å². The van der Waals surface area contributed by atoms with Crippen molar-refractivity contribution in [2.24, 2.45) is 0 Å². The van der Waals surface area contributed by atoms with Crippen molar-refractivity contribution in [3.63, 3.8) is 0 Å². The molecule has 123 valence electrons. The highest BCUT2D eigenvalue weighted by Gasteiger charge is 2.28. The van der Waals surface area contributed by atoms with E-state index >= 15 is 0 Å². The van der Waals surface area contributed by atoms with Gasteiger partial charge in [0.2, 0.25) is 6.29 Å². The third kappa shape index (κ3) is 2.59. The van der Waals surface area contributed by atoms with Crippen LogP contribution in [-0.2, 0) is 10.2 Å². The molecule has 3 nitrogen and oxygen atoms in total. The zero-order valence-electron chi connectivity index (χ0n) is 13.3. The Balaban J connectivity index is 2.43. The van der Waals surface area contributed by atoms with E-state index in [0.29, 0.717) is 22.3 Å². The Bertz CT molecular complexity index is 941. The highest BCUT2D eigenvalue weighted by atomic mass is 35.5. The SMILES string of the molecule is CC(C)(C)c1c(Cl)c(F)cn2nc(-c3ccc(F)cc3)c([C]=O)c12. The number of rotatable bonds is 2. The minimum absolute atomic E-state index is 0.0444. The average molecular weight is 348 g/mol. The van der Waals surface area contributed by atoms with Crippen LogP contribution in [0, 0.1) is 11.6 Å². The minimum atomic E-state index is -0.625. The first kappa shape index (κ1) is 16.6. The van der Waals surface area contributed by atoms with Gasteiger partial charge in [0, 0.05) is 11.1 Å². The normalized spacial score (nSPS) is 11.9. The van der Waals surface area contributed by atoms with E-state index in [0.717, 1.165) is 6.20 Å². The van der Waals surface area contributed by atoms with Gasteiger partial charge >= 0.3 is 0 Å². The van der Waals surface area contributed by atoms with Crippen LogP contribution in [0.1, 0.15) is 31.9 Å². The van der Waals surface area contributed by atoms with Crippen molar-refractivity contribution in [3.05, 3.63) is 58.2 Å². The zero-order chi connectivity index (χ0) is 17.6. The standard InChI is InChI=1S/C18H14ClF2N2O/c1-18(2,3)14-15(19)13(21)8-23-17(14)12(9-24)16(22-23)10-4-6-11(20)7-5-10/h4-8H,1-3H3. The monoisotopic (exact) mass is 347 g/mol. The molecule has 0 aliphatic rings. The number of fused-ring (bicyclic) bond motifs is 1. The number of nitrogens with zero attached hydrogens (tertiary/aromatic N) is 2. The summed E-state index contributed by atoms with van der Waals surface area (Å²) in [6, 6.07) is 5.55. The summed E-state index contributed by atoms with van der Waals surface area (Å²) in [5, 5.41) is 4.25. The summed E-state index contributed by atoms with van der Waals surface area (Å²) < 4.78 is 28.6. The second-order valence-electron chi connectivity index (χ2n) is 6.54. The predicted octanol–water partition coefficient (Wildman–Crippen LogP) is 4.69. The first-order valence-electron chi connectivity index (χ1n) is 7.29. The molecule has 1 aromatic carbocycles. The Morgan fingerprint density at radius 3 is 2.33 bits per heavy atom. The van der Waals surface area contributed by atoms with E-state index in [1.54, 1.807) is 0 Å². The molecule has 0 aliphatic carbocycles. The molecular weight excluding hydrogens is 334 g/mol. The summed E-state index contributed by atoms with van der Waals surface area (Å²) in [6.07, 6.45) is 3.01. The van der Waals surface area contributed by atoms with Gasteiger partial charge in [-0.3, -0.25) is 4.79 Å². The van der Waals surface area contributed by atoms with Crippen LogP contribution in [0.25, 0.3) is 16.8 Å². The van der Waals surface area contributed by atoms with E-state index in [1.165, 1.54) is 28.8 Å². The van der Waals surface area contributed by atoms with Gasteiger partial charge in [0.05, 0.1) is 22.3 Å². The van der Waals surface area contributed by atoms with E-state index in [1.807, 2.05) is 27.1 Å². The Hall–Kier alpha value is -2.27. The van der Waals surface area contributed by atoms with Crippen LogP contribution in [0.3, 0.4) is 0 Å². The van der Waals surface area contributed by atoms with Gasteiger partial charge in [-0.2, -0.15) is 5.10 Å². The Kier molecular flexibility index (Phi) is 3.92. The summed E-state index contributed by atoms with van der Waals surface area (Å²) in [6.45, 7) is 5.60. The third-order valence-corrected chi connectivity index (χ3v) is 4.15. The molecule has 3 aromatic rings. The molecule has 0 N–H and O–H groups in total. The Morgan fingerprint density at radius 1 is 1.17 bits per heavy atom. The topological polar surface area (TPSA) is 34.4 Å². The Labute approximate surface area is 142 Å². The van der Waals surface area contributed by atoms with Gasteiger partial charge < -0.3 is 0 Å². The maximum absolute atomic E-state index is 14.2. The van der Waals surface area contributed by atoms with Gasteiger partial charge in [0.1, 0.15) is 11.5 Å². The van der Waals surface area contributed by atoms with Crippen molar-refractivity contribution in [1.82, 2.24) is 9.61 Å². The number of pyridine rings is 1. The van der Waals surface area contributed by atoms with E-state index in [-0.39, 0.29) is 10.6 Å². The van der Waals surface area contributed by atoms with Crippen LogP contribution >= 0.6 is 11.6 Å². The molecule has 0 amide bonds. The van der Waals surface area contributed by atoms with E-state index in [4.69, 9.17) is 11.6 Å². The lowest BCUT2D eigenvalue weighted by Crippen LogP contribution is -2.15. The fourth-order valence-corrected chi connectivity index (χ4v) is 3.17. The van der Waals surface area contributed by atoms with Crippen LogP contribution in [0.5, 0.6) is 0 Å². The summed E-state index contributed by atoms with van der Waals surface area (Å²) >= 11 is 6.17. The van der Waals surface area contributed by atoms with Crippen molar-refractivity contribution in [1.29, 1.82) is 0 Å². The van der Waals surface area contributed by atoms with Crippen LogP contribution in [0.4, 0.5) is 8.78 Å². The smallest absolute Gasteiger partial charge is 0.238 e. The lowest BCUT2D eigenvalue weighted by molar-refractivity contribution is 0.561.